The highest BCUT2D eigenvalue weighted by Gasteiger charge is 2.11. The van der Waals surface area contributed by atoms with Crippen LogP contribution in [0.25, 0.3) is 0 Å². The summed E-state index contributed by atoms with van der Waals surface area (Å²) in [5, 5.41) is 2.73. The van der Waals surface area contributed by atoms with Crippen LogP contribution in [0.5, 0.6) is 0 Å². The maximum absolute atomic E-state index is 13.1. The molecule has 3 N–H and O–H groups in total. The molecule has 0 radical (unpaired) electrons. The van der Waals surface area contributed by atoms with Gasteiger partial charge in [-0.1, -0.05) is 6.07 Å². The van der Waals surface area contributed by atoms with Crippen LogP contribution >= 0.6 is 0 Å². The van der Waals surface area contributed by atoms with Gasteiger partial charge in [-0.2, -0.15) is 0 Å². The van der Waals surface area contributed by atoms with Gasteiger partial charge in [-0.25, -0.2) is 4.39 Å². The molecule has 0 aliphatic carbocycles. The van der Waals surface area contributed by atoms with Crippen LogP contribution in [0.4, 0.5) is 15.8 Å². The highest BCUT2D eigenvalue weighted by Crippen LogP contribution is 2.18. The smallest absolute Gasteiger partial charge is 0.256 e. The monoisotopic (exact) mass is 258 g/mol. The Morgan fingerprint density at radius 1 is 1.21 bits per heavy atom. The van der Waals surface area contributed by atoms with Crippen LogP contribution in [-0.4, -0.2) is 5.91 Å². The maximum Gasteiger partial charge on any atom is 0.256 e. The van der Waals surface area contributed by atoms with Crippen LogP contribution < -0.4 is 11.1 Å². The molecule has 0 heterocycles. The number of carbonyl (C=O) groups excluding carboxylic acids is 1. The average Bonchev–Trinajstić information content (AvgIpc) is 2.37. The Kier molecular flexibility index (Phi) is 3.51. The standard InChI is InChI=1S/C15H15FN2O/c1-9-8-11(6-7-13(9)16)18-15(19)12-4-3-5-14(17)10(12)2/h3-8H,17H2,1-2H3,(H,18,19). The molecule has 3 nitrogen and oxygen atoms in total. The first-order chi connectivity index (χ1) is 8.99. The second-order valence-corrected chi connectivity index (χ2v) is 4.44. The lowest BCUT2D eigenvalue weighted by atomic mass is 10.1. The van der Waals surface area contributed by atoms with Gasteiger partial charge in [0.25, 0.3) is 5.91 Å². The number of aryl methyl sites for hydroxylation is 1. The SMILES string of the molecule is Cc1cc(NC(=O)c2cccc(N)c2C)ccc1F. The van der Waals surface area contributed by atoms with Crippen molar-refractivity contribution >= 4 is 17.3 Å². The predicted molar refractivity (Wildman–Crippen MR) is 74.7 cm³/mol. The first-order valence-corrected chi connectivity index (χ1v) is 5.91. The summed E-state index contributed by atoms with van der Waals surface area (Å²) in [6.07, 6.45) is 0. The number of anilines is 2. The molecule has 4 heteroatoms. The fourth-order valence-corrected chi connectivity index (χ4v) is 1.82. The van der Waals surface area contributed by atoms with Crippen LogP contribution in [-0.2, 0) is 0 Å². The number of amides is 1. The number of nitrogens with two attached hydrogens (primary N) is 1. The van der Waals surface area contributed by atoms with E-state index in [0.29, 0.717) is 22.5 Å². The second-order valence-electron chi connectivity index (χ2n) is 4.44. The highest BCUT2D eigenvalue weighted by atomic mass is 19.1. The molecule has 2 rings (SSSR count). The second kappa shape index (κ2) is 5.10. The largest absolute Gasteiger partial charge is 0.398 e. The van der Waals surface area contributed by atoms with Crippen molar-refractivity contribution in [3.05, 3.63) is 58.9 Å². The summed E-state index contributed by atoms with van der Waals surface area (Å²) in [5.74, 6) is -0.547. The minimum absolute atomic E-state index is 0.254. The van der Waals surface area contributed by atoms with Gasteiger partial charge in [0, 0.05) is 16.9 Å². The summed E-state index contributed by atoms with van der Waals surface area (Å²) in [5.41, 5.74) is 8.64. The maximum atomic E-state index is 13.1. The van der Waals surface area contributed by atoms with E-state index < -0.39 is 0 Å². The molecule has 0 unspecified atom stereocenters. The summed E-state index contributed by atoms with van der Waals surface area (Å²) in [6.45, 7) is 3.44. The molecule has 0 fully saturated rings. The number of carbonyl (C=O) groups is 1. The van der Waals surface area contributed by atoms with Gasteiger partial charge in [-0.15, -0.1) is 0 Å². The van der Waals surface area contributed by atoms with Crippen LogP contribution in [0.15, 0.2) is 36.4 Å². The third-order valence-corrected chi connectivity index (χ3v) is 3.04. The van der Waals surface area contributed by atoms with Gasteiger partial charge >= 0.3 is 0 Å². The normalized spacial score (nSPS) is 10.3. The molecule has 2 aromatic rings. The van der Waals surface area contributed by atoms with Crippen molar-refractivity contribution in [2.24, 2.45) is 0 Å². The van der Waals surface area contributed by atoms with Gasteiger partial charge in [-0.05, 0) is 55.3 Å². The molecule has 0 bridgehead atoms. The summed E-state index contributed by atoms with van der Waals surface area (Å²) < 4.78 is 13.1. The Morgan fingerprint density at radius 3 is 2.63 bits per heavy atom. The van der Waals surface area contributed by atoms with E-state index in [1.807, 2.05) is 0 Å². The van der Waals surface area contributed by atoms with Gasteiger partial charge in [0.05, 0.1) is 0 Å². The quantitative estimate of drug-likeness (QED) is 0.812. The van der Waals surface area contributed by atoms with E-state index in [-0.39, 0.29) is 11.7 Å². The molecule has 0 saturated heterocycles. The summed E-state index contributed by atoms with van der Waals surface area (Å²) in [4.78, 5) is 12.1. The lowest BCUT2D eigenvalue weighted by Crippen LogP contribution is -2.14. The summed E-state index contributed by atoms with van der Waals surface area (Å²) >= 11 is 0. The molecular formula is C15H15FN2O. The van der Waals surface area contributed by atoms with E-state index >= 15 is 0 Å². The van der Waals surface area contributed by atoms with Gasteiger partial charge in [0.2, 0.25) is 0 Å². The lowest BCUT2D eigenvalue weighted by Gasteiger charge is -2.10. The van der Waals surface area contributed by atoms with Gasteiger partial charge < -0.3 is 11.1 Å². The van der Waals surface area contributed by atoms with E-state index in [1.54, 1.807) is 38.1 Å². The molecule has 0 saturated carbocycles. The van der Waals surface area contributed by atoms with Crippen molar-refractivity contribution in [2.45, 2.75) is 13.8 Å². The number of hydrogen-bond donors (Lipinski definition) is 2. The number of hydrogen-bond acceptors (Lipinski definition) is 2. The molecule has 0 atom stereocenters. The predicted octanol–water partition coefficient (Wildman–Crippen LogP) is 3.28. The molecule has 1 amide bonds. The van der Waals surface area contributed by atoms with E-state index in [0.717, 1.165) is 5.56 Å². The van der Waals surface area contributed by atoms with Crippen LogP contribution in [0.2, 0.25) is 0 Å². The number of benzene rings is 2. The number of nitrogens with one attached hydrogen (secondary N) is 1. The Balaban J connectivity index is 2.26. The third kappa shape index (κ3) is 2.73. The molecule has 19 heavy (non-hydrogen) atoms. The zero-order valence-corrected chi connectivity index (χ0v) is 10.8. The Morgan fingerprint density at radius 2 is 1.95 bits per heavy atom. The van der Waals surface area contributed by atoms with E-state index in [1.165, 1.54) is 12.1 Å². The van der Waals surface area contributed by atoms with Crippen LogP contribution in [0, 0.1) is 19.7 Å². The molecule has 98 valence electrons. The van der Waals surface area contributed by atoms with Crippen molar-refractivity contribution in [1.82, 2.24) is 0 Å². The highest BCUT2D eigenvalue weighted by molar-refractivity contribution is 6.06. The number of halogens is 1. The van der Waals surface area contributed by atoms with Crippen LogP contribution in [0.1, 0.15) is 21.5 Å². The lowest BCUT2D eigenvalue weighted by molar-refractivity contribution is 0.102. The van der Waals surface area contributed by atoms with E-state index in [9.17, 15) is 9.18 Å². The number of rotatable bonds is 2. The minimum atomic E-state index is -0.293. The summed E-state index contributed by atoms with van der Waals surface area (Å²) in [6, 6.07) is 9.63. The van der Waals surface area contributed by atoms with Gasteiger partial charge in [-0.3, -0.25) is 4.79 Å². The zero-order valence-electron chi connectivity index (χ0n) is 10.8. The summed E-state index contributed by atoms with van der Waals surface area (Å²) in [7, 11) is 0. The first kappa shape index (κ1) is 13.1. The first-order valence-electron chi connectivity index (χ1n) is 5.91. The Labute approximate surface area is 111 Å². The van der Waals surface area contributed by atoms with Crippen molar-refractivity contribution in [1.29, 1.82) is 0 Å². The number of nitrogen functional groups attached to an aromatic ring is 1. The zero-order chi connectivity index (χ0) is 14.0. The van der Waals surface area contributed by atoms with Crippen molar-refractivity contribution in [2.75, 3.05) is 11.1 Å². The Bertz CT molecular complexity index is 638. The fraction of sp³-hybridized carbons (Fsp3) is 0.133. The van der Waals surface area contributed by atoms with Crippen LogP contribution in [0.3, 0.4) is 0 Å². The van der Waals surface area contributed by atoms with Gasteiger partial charge in [0.1, 0.15) is 5.82 Å². The Hall–Kier alpha value is -2.36. The van der Waals surface area contributed by atoms with Crippen molar-refractivity contribution in [3.63, 3.8) is 0 Å². The molecule has 0 spiro atoms. The minimum Gasteiger partial charge on any atom is -0.398 e. The topological polar surface area (TPSA) is 55.1 Å². The van der Waals surface area contributed by atoms with Gasteiger partial charge in [0.15, 0.2) is 0 Å². The van der Waals surface area contributed by atoms with E-state index in [4.69, 9.17) is 5.73 Å². The third-order valence-electron chi connectivity index (χ3n) is 3.04. The fourth-order valence-electron chi connectivity index (χ4n) is 1.82. The van der Waals surface area contributed by atoms with Crippen molar-refractivity contribution in [3.8, 4) is 0 Å². The molecule has 0 aromatic heterocycles. The average molecular weight is 258 g/mol. The molecule has 0 aliphatic heterocycles. The molecule has 2 aromatic carbocycles. The van der Waals surface area contributed by atoms with Crippen molar-refractivity contribution < 1.29 is 9.18 Å². The molecule has 0 aliphatic rings. The van der Waals surface area contributed by atoms with E-state index in [2.05, 4.69) is 5.32 Å². The molecular weight excluding hydrogens is 243 g/mol.